The van der Waals surface area contributed by atoms with Crippen LogP contribution < -0.4 is 10.4 Å². The highest BCUT2D eigenvalue weighted by Crippen LogP contribution is 2.39. The SMILES string of the molecule is O=C([O-])CN1C(=O)N[C@]2(CCCc3ccccc32)C1=O. The number of benzene rings is 1. The average Bonchev–Trinajstić information content (AvgIpc) is 2.64. The van der Waals surface area contributed by atoms with Crippen molar-refractivity contribution in [2.24, 2.45) is 0 Å². The smallest absolute Gasteiger partial charge is 0.325 e. The van der Waals surface area contributed by atoms with Gasteiger partial charge in [-0.2, -0.15) is 0 Å². The monoisotopic (exact) mass is 273 g/mol. The summed E-state index contributed by atoms with van der Waals surface area (Å²) >= 11 is 0. The number of aryl methyl sites for hydroxylation is 1. The van der Waals surface area contributed by atoms with E-state index in [-0.39, 0.29) is 0 Å². The zero-order valence-corrected chi connectivity index (χ0v) is 10.7. The highest BCUT2D eigenvalue weighted by Gasteiger charge is 2.53. The summed E-state index contributed by atoms with van der Waals surface area (Å²) in [7, 11) is 0. The molecular weight excluding hydrogens is 260 g/mol. The summed E-state index contributed by atoms with van der Waals surface area (Å²) < 4.78 is 0. The number of carboxylic acids is 1. The largest absolute Gasteiger partial charge is 0.548 e. The molecule has 6 nitrogen and oxygen atoms in total. The number of hydrogen-bond acceptors (Lipinski definition) is 4. The molecule has 1 aromatic rings. The third-order valence-electron chi connectivity index (χ3n) is 3.94. The first-order chi connectivity index (χ1) is 9.54. The molecule has 2 aliphatic rings. The van der Waals surface area contributed by atoms with Crippen LogP contribution in [0.5, 0.6) is 0 Å². The summed E-state index contributed by atoms with van der Waals surface area (Å²) in [6.45, 7) is -0.714. The lowest BCUT2D eigenvalue weighted by Crippen LogP contribution is -2.47. The van der Waals surface area contributed by atoms with Crippen LogP contribution in [0.15, 0.2) is 24.3 Å². The van der Waals surface area contributed by atoms with Crippen molar-refractivity contribution in [3.63, 3.8) is 0 Å². The second kappa shape index (κ2) is 4.33. The zero-order chi connectivity index (χ0) is 14.3. The summed E-state index contributed by atoms with van der Waals surface area (Å²) in [5.74, 6) is -1.95. The number of nitrogens with zero attached hydrogens (tertiary/aromatic N) is 1. The van der Waals surface area contributed by atoms with Gasteiger partial charge in [0.25, 0.3) is 5.91 Å². The van der Waals surface area contributed by atoms with E-state index in [2.05, 4.69) is 5.32 Å². The molecule has 6 heteroatoms. The molecule has 0 unspecified atom stereocenters. The minimum absolute atomic E-state index is 0.484. The second-order valence-electron chi connectivity index (χ2n) is 5.11. The van der Waals surface area contributed by atoms with Gasteiger partial charge in [-0.15, -0.1) is 0 Å². The van der Waals surface area contributed by atoms with Crippen LogP contribution in [-0.4, -0.2) is 29.4 Å². The third kappa shape index (κ3) is 1.68. The van der Waals surface area contributed by atoms with Crippen molar-refractivity contribution < 1.29 is 19.5 Å². The summed E-state index contributed by atoms with van der Waals surface area (Å²) in [6, 6.07) is 6.77. The van der Waals surface area contributed by atoms with Crippen molar-refractivity contribution >= 4 is 17.9 Å². The highest BCUT2D eigenvalue weighted by atomic mass is 16.4. The Labute approximate surface area is 115 Å². The van der Waals surface area contributed by atoms with Gasteiger partial charge in [0, 0.05) is 0 Å². The number of imide groups is 1. The minimum Gasteiger partial charge on any atom is -0.548 e. The molecule has 20 heavy (non-hydrogen) atoms. The molecular formula is C14H13N2O4-. The van der Waals surface area contributed by atoms with Crippen molar-refractivity contribution in [2.45, 2.75) is 24.8 Å². The Hall–Kier alpha value is -2.37. The molecule has 1 N–H and O–H groups in total. The van der Waals surface area contributed by atoms with Crippen molar-refractivity contribution in [3.05, 3.63) is 35.4 Å². The summed E-state index contributed by atoms with van der Waals surface area (Å²) in [6.07, 6.45) is 2.10. The van der Waals surface area contributed by atoms with Crippen molar-refractivity contribution in [1.29, 1.82) is 0 Å². The van der Waals surface area contributed by atoms with E-state index < -0.39 is 30.0 Å². The van der Waals surface area contributed by atoms with E-state index >= 15 is 0 Å². The molecule has 0 saturated carbocycles. The van der Waals surface area contributed by atoms with Gasteiger partial charge in [-0.05, 0) is 30.4 Å². The number of amides is 3. The van der Waals surface area contributed by atoms with Crippen LogP contribution in [0, 0.1) is 0 Å². The van der Waals surface area contributed by atoms with Gasteiger partial charge < -0.3 is 15.2 Å². The molecule has 1 aliphatic heterocycles. The van der Waals surface area contributed by atoms with Gasteiger partial charge in [-0.3, -0.25) is 9.69 Å². The van der Waals surface area contributed by atoms with Gasteiger partial charge in [0.15, 0.2) is 0 Å². The van der Waals surface area contributed by atoms with Crippen molar-refractivity contribution in [2.75, 3.05) is 6.54 Å². The lowest BCUT2D eigenvalue weighted by molar-refractivity contribution is -0.305. The van der Waals surface area contributed by atoms with Gasteiger partial charge >= 0.3 is 6.03 Å². The van der Waals surface area contributed by atoms with Crippen LogP contribution in [-0.2, 0) is 21.5 Å². The molecule has 1 atom stereocenters. The molecule has 104 valence electrons. The number of fused-ring (bicyclic) bond motifs is 2. The predicted molar refractivity (Wildman–Crippen MR) is 66.3 cm³/mol. The maximum Gasteiger partial charge on any atom is 0.325 e. The molecule has 1 heterocycles. The van der Waals surface area contributed by atoms with Gasteiger partial charge in [0.05, 0.1) is 12.5 Å². The third-order valence-corrected chi connectivity index (χ3v) is 3.94. The van der Waals surface area contributed by atoms with Crippen LogP contribution in [0.2, 0.25) is 0 Å². The Bertz CT molecular complexity index is 613. The number of carboxylic acid groups (broad SMARTS) is 1. The minimum atomic E-state index is -1.45. The zero-order valence-electron chi connectivity index (χ0n) is 10.7. The van der Waals surface area contributed by atoms with Gasteiger partial charge in [0.2, 0.25) is 0 Å². The van der Waals surface area contributed by atoms with Gasteiger partial charge in [-0.1, -0.05) is 24.3 Å². The Kier molecular flexibility index (Phi) is 2.74. The number of rotatable bonds is 2. The Morgan fingerprint density at radius 2 is 2.10 bits per heavy atom. The lowest BCUT2D eigenvalue weighted by Gasteiger charge is -2.33. The average molecular weight is 273 g/mol. The van der Waals surface area contributed by atoms with Gasteiger partial charge in [-0.25, -0.2) is 4.79 Å². The van der Waals surface area contributed by atoms with Crippen LogP contribution in [0.1, 0.15) is 24.0 Å². The maximum atomic E-state index is 12.5. The summed E-state index contributed by atoms with van der Waals surface area (Å²) in [5, 5.41) is 13.4. The van der Waals surface area contributed by atoms with Crippen molar-refractivity contribution in [1.82, 2.24) is 10.2 Å². The Morgan fingerprint density at radius 1 is 1.35 bits per heavy atom. The lowest BCUT2D eigenvalue weighted by atomic mass is 9.76. The standard InChI is InChI=1S/C14H14N2O4/c17-11(18)8-16-12(19)14(15-13(16)20)7-3-5-9-4-1-2-6-10(9)14/h1-2,4,6H,3,5,7-8H2,(H,15,20)(H,17,18)/p-1/t14-/m0/s1. The van der Waals surface area contributed by atoms with Crippen LogP contribution in [0.3, 0.4) is 0 Å². The molecule has 3 rings (SSSR count). The topological polar surface area (TPSA) is 89.5 Å². The second-order valence-corrected chi connectivity index (χ2v) is 5.11. The number of carbonyl (C=O) groups is 3. The first-order valence-corrected chi connectivity index (χ1v) is 6.47. The molecule has 1 saturated heterocycles. The van der Waals surface area contributed by atoms with Crippen LogP contribution in [0.4, 0.5) is 4.79 Å². The predicted octanol–water partition coefficient (Wildman–Crippen LogP) is -0.480. The van der Waals surface area contributed by atoms with E-state index in [4.69, 9.17) is 0 Å². The van der Waals surface area contributed by atoms with E-state index in [0.29, 0.717) is 6.42 Å². The molecule has 1 aromatic carbocycles. The fourth-order valence-electron chi connectivity index (χ4n) is 3.08. The van der Waals surface area contributed by atoms with Gasteiger partial charge in [0.1, 0.15) is 5.54 Å². The van der Waals surface area contributed by atoms with E-state index in [9.17, 15) is 19.5 Å². The van der Waals surface area contributed by atoms with Crippen LogP contribution >= 0.6 is 0 Å². The fraction of sp³-hybridized carbons (Fsp3) is 0.357. The van der Waals surface area contributed by atoms with Crippen molar-refractivity contribution in [3.8, 4) is 0 Å². The highest BCUT2D eigenvalue weighted by molar-refractivity contribution is 6.09. The molecule has 1 aliphatic carbocycles. The first kappa shape index (κ1) is 12.7. The Balaban J connectivity index is 2.05. The fourth-order valence-corrected chi connectivity index (χ4v) is 3.08. The quantitative estimate of drug-likeness (QED) is 0.737. The number of nitrogens with one attached hydrogen (secondary N) is 1. The van der Waals surface area contributed by atoms with E-state index in [1.807, 2.05) is 24.3 Å². The molecule has 1 fully saturated rings. The number of hydrogen-bond donors (Lipinski definition) is 1. The maximum absolute atomic E-state index is 12.5. The first-order valence-electron chi connectivity index (χ1n) is 6.47. The van der Waals surface area contributed by atoms with E-state index in [0.717, 1.165) is 28.9 Å². The normalized spacial score (nSPS) is 24.7. The molecule has 1 spiro atoms. The molecule has 0 radical (unpaired) electrons. The van der Waals surface area contributed by atoms with E-state index in [1.165, 1.54) is 0 Å². The molecule has 3 amide bonds. The molecule has 0 bridgehead atoms. The summed E-state index contributed by atoms with van der Waals surface area (Å²) in [4.78, 5) is 35.8. The number of carbonyl (C=O) groups excluding carboxylic acids is 3. The molecule has 0 aromatic heterocycles. The number of urea groups is 1. The van der Waals surface area contributed by atoms with Crippen LogP contribution in [0.25, 0.3) is 0 Å². The van der Waals surface area contributed by atoms with E-state index in [1.54, 1.807) is 0 Å². The number of aliphatic carboxylic acids is 1. The Morgan fingerprint density at radius 3 is 2.85 bits per heavy atom. The summed E-state index contributed by atoms with van der Waals surface area (Å²) in [5.41, 5.74) is 0.676.